The highest BCUT2D eigenvalue weighted by Gasteiger charge is 2.20. The Morgan fingerprint density at radius 2 is 1.65 bits per heavy atom. The minimum absolute atomic E-state index is 0.355. The van der Waals surface area contributed by atoms with Gasteiger partial charge in [-0.2, -0.15) is 0 Å². The fraction of sp³-hybridized carbons (Fsp3) is 0.105. The molecule has 0 amide bonds. The summed E-state index contributed by atoms with van der Waals surface area (Å²) in [4.78, 5) is 13.5. The molecule has 0 radical (unpaired) electrons. The van der Waals surface area contributed by atoms with Crippen molar-refractivity contribution in [1.29, 1.82) is 0 Å². The first-order valence-electron chi connectivity index (χ1n) is 8.06. The van der Waals surface area contributed by atoms with Crippen molar-refractivity contribution in [2.24, 2.45) is 0 Å². The first-order valence-corrected chi connectivity index (χ1v) is 8.81. The van der Waals surface area contributed by atoms with Crippen LogP contribution in [-0.2, 0) is 13.0 Å². The third-order valence-corrected chi connectivity index (χ3v) is 4.84. The number of nitrogen functional groups attached to an aromatic ring is 1. The number of rotatable bonds is 4. The predicted octanol–water partition coefficient (Wildman–Crippen LogP) is 4.31. The second kappa shape index (κ2) is 6.94. The van der Waals surface area contributed by atoms with Crippen LogP contribution >= 0.6 is 23.2 Å². The topological polar surface area (TPSA) is 69.6 Å². The van der Waals surface area contributed by atoms with Gasteiger partial charge in [0, 0.05) is 22.0 Å². The van der Waals surface area contributed by atoms with Crippen molar-refractivity contribution < 1.29 is 0 Å². The van der Waals surface area contributed by atoms with Crippen LogP contribution in [0.2, 0.25) is 10.0 Å². The Morgan fingerprint density at radius 1 is 0.923 bits per heavy atom. The number of aromatic nitrogens is 4. The highest BCUT2D eigenvalue weighted by atomic mass is 35.5. The highest BCUT2D eigenvalue weighted by Crippen LogP contribution is 2.29. The lowest BCUT2D eigenvalue weighted by atomic mass is 10.1. The molecule has 0 atom stereocenters. The molecular weight excluding hydrogens is 369 g/mol. The standard InChI is InChI=1S/C19H15Cl2N5/c20-14-7-4-8-15(21)13(14)10-26-11-23-18(22)17-19(26)25-16(24-17)9-12-5-2-1-3-6-12/h1-8,11H,9-10,22H2. The van der Waals surface area contributed by atoms with E-state index in [-0.39, 0.29) is 0 Å². The second-order valence-corrected chi connectivity index (χ2v) is 6.75. The first-order chi connectivity index (χ1) is 12.6. The lowest BCUT2D eigenvalue weighted by Gasteiger charge is -2.13. The van der Waals surface area contributed by atoms with Crippen molar-refractivity contribution in [2.75, 3.05) is 5.73 Å². The lowest BCUT2D eigenvalue weighted by molar-refractivity contribution is 0.761. The van der Waals surface area contributed by atoms with Gasteiger partial charge in [-0.3, -0.25) is 0 Å². The molecule has 0 saturated carbocycles. The van der Waals surface area contributed by atoms with E-state index in [0.717, 1.165) is 11.1 Å². The molecule has 0 fully saturated rings. The molecule has 0 aromatic heterocycles. The molecule has 0 saturated heterocycles. The average Bonchev–Trinajstić information content (AvgIpc) is 3.06. The van der Waals surface area contributed by atoms with Gasteiger partial charge < -0.3 is 10.3 Å². The van der Waals surface area contributed by atoms with Crippen molar-refractivity contribution in [3.8, 4) is 11.5 Å². The van der Waals surface area contributed by atoms with Crippen LogP contribution in [-0.4, -0.2) is 19.5 Å². The molecule has 0 aliphatic carbocycles. The van der Waals surface area contributed by atoms with Crippen molar-refractivity contribution in [3.05, 3.63) is 81.9 Å². The van der Waals surface area contributed by atoms with Gasteiger partial charge in [0.15, 0.2) is 17.3 Å². The summed E-state index contributed by atoms with van der Waals surface area (Å²) >= 11 is 12.6. The zero-order valence-electron chi connectivity index (χ0n) is 13.7. The normalized spacial score (nSPS) is 11.2. The molecule has 2 aliphatic heterocycles. The van der Waals surface area contributed by atoms with Crippen molar-refractivity contribution >= 4 is 29.0 Å². The van der Waals surface area contributed by atoms with E-state index in [2.05, 4.69) is 15.0 Å². The summed E-state index contributed by atoms with van der Waals surface area (Å²) in [6.07, 6.45) is 2.26. The third kappa shape index (κ3) is 3.23. The quantitative estimate of drug-likeness (QED) is 0.569. The molecule has 0 unspecified atom stereocenters. The first kappa shape index (κ1) is 16.8. The van der Waals surface area contributed by atoms with Gasteiger partial charge >= 0.3 is 0 Å². The van der Waals surface area contributed by atoms with Gasteiger partial charge in [-0.1, -0.05) is 59.6 Å². The lowest BCUT2D eigenvalue weighted by Crippen LogP contribution is -2.09. The van der Waals surface area contributed by atoms with Gasteiger partial charge in [-0.05, 0) is 17.7 Å². The number of benzene rings is 2. The summed E-state index contributed by atoms with van der Waals surface area (Å²) < 4.78 is 1.86. The number of nitrogens with two attached hydrogens (primary N) is 1. The summed E-state index contributed by atoms with van der Waals surface area (Å²) in [7, 11) is 0. The SMILES string of the molecule is Nc1ncn(Cc2c(Cl)cccc2Cl)c2nc(Cc3ccccc3)nc1-2. The molecule has 2 aliphatic rings. The van der Waals surface area contributed by atoms with Crippen molar-refractivity contribution in [2.45, 2.75) is 13.0 Å². The second-order valence-electron chi connectivity index (χ2n) is 5.93. The van der Waals surface area contributed by atoms with E-state index < -0.39 is 0 Å². The smallest absolute Gasteiger partial charge is 0.166 e. The average molecular weight is 384 g/mol. The Labute approximate surface area is 160 Å². The van der Waals surface area contributed by atoms with Crippen LogP contribution in [0.4, 0.5) is 5.82 Å². The Hall–Kier alpha value is -2.63. The molecule has 0 bridgehead atoms. The predicted molar refractivity (Wildman–Crippen MR) is 104 cm³/mol. The summed E-state index contributed by atoms with van der Waals surface area (Å²) in [6.45, 7) is 0.436. The van der Waals surface area contributed by atoms with Crippen LogP contribution < -0.4 is 5.73 Å². The number of anilines is 1. The van der Waals surface area contributed by atoms with Gasteiger partial charge in [-0.25, -0.2) is 15.0 Å². The largest absolute Gasteiger partial charge is 0.382 e. The minimum Gasteiger partial charge on any atom is -0.382 e. The van der Waals surface area contributed by atoms with Gasteiger partial charge in [0.25, 0.3) is 0 Å². The van der Waals surface area contributed by atoms with E-state index in [1.54, 1.807) is 6.33 Å². The maximum Gasteiger partial charge on any atom is 0.166 e. The van der Waals surface area contributed by atoms with Crippen molar-refractivity contribution in [3.63, 3.8) is 0 Å². The van der Waals surface area contributed by atoms with Gasteiger partial charge in [0.1, 0.15) is 5.82 Å². The molecule has 5 nitrogen and oxygen atoms in total. The van der Waals surface area contributed by atoms with Gasteiger partial charge in [-0.15, -0.1) is 0 Å². The Bertz CT molecular complexity index is 1010. The zero-order chi connectivity index (χ0) is 18.1. The maximum atomic E-state index is 6.30. The molecule has 2 aromatic carbocycles. The maximum absolute atomic E-state index is 6.30. The van der Waals surface area contributed by atoms with Crippen LogP contribution in [0.15, 0.2) is 54.9 Å². The van der Waals surface area contributed by atoms with Crippen LogP contribution in [0, 0.1) is 0 Å². The highest BCUT2D eigenvalue weighted by molar-refractivity contribution is 6.35. The summed E-state index contributed by atoms with van der Waals surface area (Å²) in [6, 6.07) is 15.5. The Balaban J connectivity index is 1.73. The van der Waals surface area contributed by atoms with Gasteiger partial charge in [0.05, 0.1) is 12.9 Å². The van der Waals surface area contributed by atoms with Crippen molar-refractivity contribution in [1.82, 2.24) is 19.5 Å². The fourth-order valence-electron chi connectivity index (χ4n) is 2.83. The molecule has 2 N–H and O–H groups in total. The molecule has 7 heteroatoms. The Morgan fingerprint density at radius 3 is 2.38 bits per heavy atom. The van der Waals surface area contributed by atoms with Crippen LogP contribution in [0.25, 0.3) is 11.5 Å². The molecular formula is C19H15Cl2N5. The monoisotopic (exact) mass is 383 g/mol. The van der Waals surface area contributed by atoms with E-state index in [0.29, 0.717) is 46.2 Å². The number of fused-ring (bicyclic) bond motifs is 1. The molecule has 26 heavy (non-hydrogen) atoms. The summed E-state index contributed by atoms with van der Waals surface area (Å²) in [5, 5.41) is 1.19. The van der Waals surface area contributed by atoms with E-state index in [1.807, 2.05) is 53.1 Å². The van der Waals surface area contributed by atoms with E-state index in [9.17, 15) is 0 Å². The zero-order valence-corrected chi connectivity index (χ0v) is 15.2. The number of imidazole rings is 1. The molecule has 2 heterocycles. The van der Waals surface area contributed by atoms with Crippen LogP contribution in [0.1, 0.15) is 17.0 Å². The van der Waals surface area contributed by atoms with E-state index >= 15 is 0 Å². The number of halogens is 2. The Kier molecular flexibility index (Phi) is 4.49. The van der Waals surface area contributed by atoms with E-state index in [4.69, 9.17) is 28.9 Å². The third-order valence-electron chi connectivity index (χ3n) is 4.13. The minimum atomic E-state index is 0.355. The van der Waals surface area contributed by atoms with Gasteiger partial charge in [0.2, 0.25) is 0 Å². The number of hydrogen-bond acceptors (Lipinski definition) is 4. The number of nitrogens with zero attached hydrogens (tertiary/aromatic N) is 4. The molecule has 4 rings (SSSR count). The molecule has 130 valence electrons. The molecule has 2 aromatic rings. The number of hydrogen-bond donors (Lipinski definition) is 1. The fourth-order valence-corrected chi connectivity index (χ4v) is 3.34. The van der Waals surface area contributed by atoms with Crippen LogP contribution in [0.5, 0.6) is 0 Å². The molecule has 0 spiro atoms. The van der Waals surface area contributed by atoms with Crippen LogP contribution in [0.3, 0.4) is 0 Å². The summed E-state index contributed by atoms with van der Waals surface area (Å²) in [5.74, 6) is 1.72. The van der Waals surface area contributed by atoms with E-state index in [1.165, 1.54) is 0 Å². The summed E-state index contributed by atoms with van der Waals surface area (Å²) in [5.41, 5.74) is 8.53.